The molecule has 7 heteroatoms. The number of aromatic nitrogens is 1. The second-order valence-electron chi connectivity index (χ2n) is 4.21. The number of ether oxygens (including phenoxy) is 1. The van der Waals surface area contributed by atoms with Gasteiger partial charge in [-0.3, -0.25) is 0 Å². The lowest BCUT2D eigenvalue weighted by Crippen LogP contribution is -2.15. The van der Waals surface area contributed by atoms with Crippen molar-refractivity contribution >= 4 is 5.97 Å². The molecule has 0 aliphatic rings. The molecule has 0 aromatic carbocycles. The third kappa shape index (κ3) is 3.07. The number of aryl methyl sites for hydroxylation is 1. The summed E-state index contributed by atoms with van der Waals surface area (Å²) in [6, 6.07) is 3.78. The van der Waals surface area contributed by atoms with Crippen molar-refractivity contribution in [1.82, 2.24) is 4.98 Å². The molecule has 0 spiro atoms. The Kier molecular flexibility index (Phi) is 4.02. The molecule has 2 aromatic rings. The molecule has 0 aliphatic heterocycles. The van der Waals surface area contributed by atoms with Crippen molar-refractivity contribution in [2.45, 2.75) is 20.0 Å². The predicted molar refractivity (Wildman–Crippen MR) is 67.6 cm³/mol. The minimum atomic E-state index is -4.61. The summed E-state index contributed by atoms with van der Waals surface area (Å²) in [6.45, 7) is 3.04. The summed E-state index contributed by atoms with van der Waals surface area (Å²) in [5, 5.41) is 0. The maximum Gasteiger partial charge on any atom is 0.433 e. The van der Waals surface area contributed by atoms with E-state index in [1.54, 1.807) is 6.92 Å². The van der Waals surface area contributed by atoms with Gasteiger partial charge in [0.05, 0.1) is 24.1 Å². The highest BCUT2D eigenvalue weighted by Gasteiger charge is 2.35. The molecule has 21 heavy (non-hydrogen) atoms. The summed E-state index contributed by atoms with van der Waals surface area (Å²) < 4.78 is 48.6. The van der Waals surface area contributed by atoms with E-state index in [0.717, 1.165) is 6.07 Å². The van der Waals surface area contributed by atoms with Gasteiger partial charge >= 0.3 is 12.1 Å². The zero-order valence-corrected chi connectivity index (χ0v) is 11.3. The molecule has 112 valence electrons. The second kappa shape index (κ2) is 5.59. The molecular weight excluding hydrogens is 287 g/mol. The van der Waals surface area contributed by atoms with Crippen LogP contribution in [0.2, 0.25) is 0 Å². The average Bonchev–Trinajstić information content (AvgIpc) is 2.90. The number of carbonyl (C=O) groups is 1. The van der Waals surface area contributed by atoms with Crippen LogP contribution < -0.4 is 0 Å². The Morgan fingerprint density at radius 2 is 2.14 bits per heavy atom. The molecule has 0 amide bonds. The van der Waals surface area contributed by atoms with Crippen LogP contribution in [0.1, 0.15) is 28.7 Å². The molecule has 4 nitrogen and oxygen atoms in total. The number of halogens is 3. The van der Waals surface area contributed by atoms with Crippen LogP contribution in [0, 0.1) is 6.92 Å². The molecule has 0 unspecified atom stereocenters. The first kappa shape index (κ1) is 15.1. The van der Waals surface area contributed by atoms with Gasteiger partial charge in [-0.2, -0.15) is 13.2 Å². The normalized spacial score (nSPS) is 11.5. The van der Waals surface area contributed by atoms with Gasteiger partial charge in [-0.25, -0.2) is 9.78 Å². The van der Waals surface area contributed by atoms with Crippen molar-refractivity contribution in [3.8, 4) is 11.3 Å². The van der Waals surface area contributed by atoms with Crippen LogP contribution in [-0.4, -0.2) is 17.6 Å². The van der Waals surface area contributed by atoms with Crippen LogP contribution in [0.3, 0.4) is 0 Å². The molecule has 0 radical (unpaired) electrons. The SMILES string of the molecule is CCOC(=O)c1c(-c2ccco2)cc(C(F)(F)F)nc1C. The van der Waals surface area contributed by atoms with Crippen molar-refractivity contribution in [2.24, 2.45) is 0 Å². The van der Waals surface area contributed by atoms with E-state index in [0.29, 0.717) is 0 Å². The van der Waals surface area contributed by atoms with E-state index in [2.05, 4.69) is 4.98 Å². The molecule has 0 saturated carbocycles. The number of hydrogen-bond donors (Lipinski definition) is 0. The van der Waals surface area contributed by atoms with Gasteiger partial charge in [0, 0.05) is 5.56 Å². The smallest absolute Gasteiger partial charge is 0.433 e. The van der Waals surface area contributed by atoms with Gasteiger partial charge in [0.1, 0.15) is 11.5 Å². The number of esters is 1. The molecule has 2 rings (SSSR count). The lowest BCUT2D eigenvalue weighted by molar-refractivity contribution is -0.141. The van der Waals surface area contributed by atoms with Crippen LogP contribution in [0.5, 0.6) is 0 Å². The first-order valence-electron chi connectivity index (χ1n) is 6.14. The molecule has 2 heterocycles. The summed E-state index contributed by atoms with van der Waals surface area (Å²) >= 11 is 0. The summed E-state index contributed by atoms with van der Waals surface area (Å²) in [4.78, 5) is 15.4. The molecule has 0 fully saturated rings. The Morgan fingerprint density at radius 1 is 1.43 bits per heavy atom. The second-order valence-corrected chi connectivity index (χ2v) is 4.21. The number of furan rings is 1. The van der Waals surface area contributed by atoms with Gasteiger partial charge in [0.25, 0.3) is 0 Å². The topological polar surface area (TPSA) is 52.3 Å². The van der Waals surface area contributed by atoms with Gasteiger partial charge in [0.2, 0.25) is 0 Å². The number of hydrogen-bond acceptors (Lipinski definition) is 4. The minimum absolute atomic E-state index is 0.0123. The minimum Gasteiger partial charge on any atom is -0.464 e. The van der Waals surface area contributed by atoms with E-state index in [9.17, 15) is 18.0 Å². The number of pyridine rings is 1. The van der Waals surface area contributed by atoms with Gasteiger partial charge in [0.15, 0.2) is 0 Å². The number of nitrogens with zero attached hydrogens (tertiary/aromatic N) is 1. The van der Waals surface area contributed by atoms with E-state index in [4.69, 9.17) is 9.15 Å². The standard InChI is InChI=1S/C14H12F3NO3/c1-3-20-13(19)12-8(2)18-11(14(15,16)17)7-9(12)10-5-4-6-21-10/h4-7H,3H2,1-2H3. The molecule has 0 bridgehead atoms. The third-order valence-electron chi connectivity index (χ3n) is 2.76. The highest BCUT2D eigenvalue weighted by atomic mass is 19.4. The van der Waals surface area contributed by atoms with Crippen LogP contribution in [0.15, 0.2) is 28.9 Å². The van der Waals surface area contributed by atoms with Gasteiger partial charge in [-0.15, -0.1) is 0 Å². The molecule has 0 aliphatic carbocycles. The molecule has 2 aromatic heterocycles. The summed E-state index contributed by atoms with van der Waals surface area (Å²) in [7, 11) is 0. The Bertz CT molecular complexity index is 648. The Labute approximate surface area is 118 Å². The van der Waals surface area contributed by atoms with Crippen LogP contribution in [-0.2, 0) is 10.9 Å². The van der Waals surface area contributed by atoms with Gasteiger partial charge in [-0.1, -0.05) is 0 Å². The zero-order chi connectivity index (χ0) is 15.6. The number of rotatable bonds is 3. The van der Waals surface area contributed by atoms with E-state index in [1.807, 2.05) is 0 Å². The zero-order valence-electron chi connectivity index (χ0n) is 11.3. The maximum atomic E-state index is 12.9. The van der Waals surface area contributed by atoms with E-state index < -0.39 is 17.8 Å². The third-order valence-corrected chi connectivity index (χ3v) is 2.76. The van der Waals surface area contributed by atoms with Gasteiger partial charge < -0.3 is 9.15 Å². The molecular formula is C14H12F3NO3. The predicted octanol–water partition coefficient (Wildman–Crippen LogP) is 3.85. The summed E-state index contributed by atoms with van der Waals surface area (Å²) in [5.74, 6) is -0.586. The van der Waals surface area contributed by atoms with Crippen molar-refractivity contribution in [3.63, 3.8) is 0 Å². The summed E-state index contributed by atoms with van der Waals surface area (Å²) in [6.07, 6.45) is -3.30. The lowest BCUT2D eigenvalue weighted by atomic mass is 10.0. The molecule has 0 saturated heterocycles. The largest absolute Gasteiger partial charge is 0.464 e. The first-order chi connectivity index (χ1) is 9.84. The van der Waals surface area contributed by atoms with Crippen molar-refractivity contribution in [3.05, 3.63) is 41.4 Å². The Balaban J connectivity index is 2.67. The molecule has 0 N–H and O–H groups in total. The summed E-state index contributed by atoms with van der Waals surface area (Å²) in [5.41, 5.74) is -1.16. The average molecular weight is 299 g/mol. The number of carbonyl (C=O) groups excluding carboxylic acids is 1. The van der Waals surface area contributed by atoms with Crippen molar-refractivity contribution in [1.29, 1.82) is 0 Å². The highest BCUT2D eigenvalue weighted by molar-refractivity contribution is 5.97. The Morgan fingerprint density at radius 3 is 2.67 bits per heavy atom. The lowest BCUT2D eigenvalue weighted by Gasteiger charge is -2.13. The fourth-order valence-corrected chi connectivity index (χ4v) is 1.90. The Hall–Kier alpha value is -2.31. The van der Waals surface area contributed by atoms with Crippen LogP contribution in [0.25, 0.3) is 11.3 Å². The van der Waals surface area contributed by atoms with Crippen LogP contribution >= 0.6 is 0 Å². The van der Waals surface area contributed by atoms with E-state index >= 15 is 0 Å². The monoisotopic (exact) mass is 299 g/mol. The van der Waals surface area contributed by atoms with Crippen LogP contribution in [0.4, 0.5) is 13.2 Å². The quantitative estimate of drug-likeness (QED) is 0.808. The molecule has 0 atom stereocenters. The fraction of sp³-hybridized carbons (Fsp3) is 0.286. The highest BCUT2D eigenvalue weighted by Crippen LogP contribution is 2.34. The van der Waals surface area contributed by atoms with Crippen molar-refractivity contribution < 1.29 is 27.1 Å². The van der Waals surface area contributed by atoms with Crippen molar-refractivity contribution in [2.75, 3.05) is 6.61 Å². The fourth-order valence-electron chi connectivity index (χ4n) is 1.90. The van der Waals surface area contributed by atoms with Gasteiger partial charge in [-0.05, 0) is 32.0 Å². The van der Waals surface area contributed by atoms with E-state index in [1.165, 1.54) is 25.3 Å². The van der Waals surface area contributed by atoms with E-state index in [-0.39, 0.29) is 29.2 Å². The number of alkyl halides is 3. The maximum absolute atomic E-state index is 12.9. The first-order valence-corrected chi connectivity index (χ1v) is 6.14.